The fraction of sp³-hybridized carbons (Fsp3) is 0.692. The third kappa shape index (κ3) is 5.29. The number of nitrogens with zero attached hydrogens (tertiary/aromatic N) is 4. The van der Waals surface area contributed by atoms with Crippen LogP contribution in [0.4, 0.5) is 10.5 Å². The first kappa shape index (κ1) is 23.9. The summed E-state index contributed by atoms with van der Waals surface area (Å²) >= 11 is 0. The second kappa shape index (κ2) is 8.82. The third-order valence-corrected chi connectivity index (χ3v) is 7.29. The number of piperazine rings is 2. The first-order chi connectivity index (χ1) is 15.5. The van der Waals surface area contributed by atoms with E-state index in [4.69, 9.17) is 4.74 Å². The first-order valence-electron chi connectivity index (χ1n) is 12.3. The van der Waals surface area contributed by atoms with E-state index in [-0.39, 0.29) is 29.5 Å². The van der Waals surface area contributed by atoms with Gasteiger partial charge in [0.1, 0.15) is 5.60 Å². The Hall–Kier alpha value is -2.28. The van der Waals surface area contributed by atoms with Gasteiger partial charge >= 0.3 is 6.09 Å². The second-order valence-corrected chi connectivity index (χ2v) is 11.4. The minimum absolute atomic E-state index is 0.0386. The van der Waals surface area contributed by atoms with Crippen LogP contribution in [-0.4, -0.2) is 84.7 Å². The summed E-state index contributed by atoms with van der Waals surface area (Å²) in [6.45, 7) is 14.9. The molecule has 0 radical (unpaired) electrons. The summed E-state index contributed by atoms with van der Waals surface area (Å²) in [6, 6.07) is 8.29. The van der Waals surface area contributed by atoms with Crippen molar-refractivity contribution in [3.8, 4) is 0 Å². The van der Waals surface area contributed by atoms with Crippen molar-refractivity contribution in [3.63, 3.8) is 0 Å². The molecule has 2 atom stereocenters. The minimum atomic E-state index is -0.565. The van der Waals surface area contributed by atoms with Crippen molar-refractivity contribution < 1.29 is 14.3 Å². The molecule has 1 saturated carbocycles. The smallest absolute Gasteiger partial charge is 0.410 e. The number of hydrogen-bond acceptors (Lipinski definition) is 5. The molecule has 7 heteroatoms. The SMILES string of the molecule is C[C@@H]1CN(C(=O)OC(C)(C)C)[C@H](c2ccc(N3CCN(C)CC3)cc2)CN1C(=O)C1(C)CC1. The highest BCUT2D eigenvalue weighted by Gasteiger charge is 2.50. The Balaban J connectivity index is 1.57. The van der Waals surface area contributed by atoms with E-state index in [2.05, 4.69) is 48.0 Å². The van der Waals surface area contributed by atoms with Gasteiger partial charge in [-0.1, -0.05) is 19.1 Å². The minimum Gasteiger partial charge on any atom is -0.444 e. The largest absolute Gasteiger partial charge is 0.444 e. The fourth-order valence-corrected chi connectivity index (χ4v) is 4.79. The van der Waals surface area contributed by atoms with Crippen LogP contribution < -0.4 is 4.90 Å². The van der Waals surface area contributed by atoms with E-state index in [1.165, 1.54) is 5.69 Å². The number of ether oxygens (including phenoxy) is 1. The number of hydrogen-bond donors (Lipinski definition) is 0. The van der Waals surface area contributed by atoms with E-state index in [1.54, 1.807) is 0 Å². The van der Waals surface area contributed by atoms with Crippen molar-refractivity contribution in [1.82, 2.24) is 14.7 Å². The Bertz CT molecular complexity index is 867. The normalized spacial score (nSPS) is 25.7. The van der Waals surface area contributed by atoms with E-state index < -0.39 is 5.60 Å². The first-order valence-corrected chi connectivity index (χ1v) is 12.3. The lowest BCUT2D eigenvalue weighted by Gasteiger charge is -2.46. The predicted octanol–water partition coefficient (Wildman–Crippen LogP) is 3.75. The number of anilines is 1. The molecule has 2 saturated heterocycles. The highest BCUT2D eigenvalue weighted by Crippen LogP contribution is 2.47. The molecule has 4 rings (SSSR count). The van der Waals surface area contributed by atoms with Gasteiger partial charge in [-0.15, -0.1) is 0 Å². The summed E-state index contributed by atoms with van der Waals surface area (Å²) in [5, 5.41) is 0. The maximum atomic E-state index is 13.2. The van der Waals surface area contributed by atoms with Gasteiger partial charge in [-0.3, -0.25) is 9.69 Å². The predicted molar refractivity (Wildman–Crippen MR) is 130 cm³/mol. The van der Waals surface area contributed by atoms with Gasteiger partial charge in [0, 0.05) is 56.4 Å². The van der Waals surface area contributed by atoms with Crippen LogP contribution in [-0.2, 0) is 9.53 Å². The van der Waals surface area contributed by atoms with Crippen LogP contribution in [0.3, 0.4) is 0 Å². The van der Waals surface area contributed by atoms with Crippen molar-refractivity contribution >= 4 is 17.7 Å². The van der Waals surface area contributed by atoms with Crippen LogP contribution in [0.25, 0.3) is 0 Å². The zero-order valence-corrected chi connectivity index (χ0v) is 21.1. The van der Waals surface area contributed by atoms with E-state index >= 15 is 0 Å². The zero-order valence-electron chi connectivity index (χ0n) is 21.1. The molecule has 2 heterocycles. The van der Waals surface area contributed by atoms with Crippen molar-refractivity contribution in [2.75, 3.05) is 51.2 Å². The molecule has 1 aliphatic carbocycles. The Labute approximate surface area is 198 Å². The summed E-state index contributed by atoms with van der Waals surface area (Å²) < 4.78 is 5.75. The number of rotatable bonds is 3. The lowest BCUT2D eigenvalue weighted by atomic mass is 9.97. The Kier molecular flexibility index (Phi) is 6.38. The number of benzene rings is 1. The van der Waals surface area contributed by atoms with Gasteiger partial charge < -0.3 is 19.4 Å². The van der Waals surface area contributed by atoms with E-state index in [9.17, 15) is 9.59 Å². The lowest BCUT2D eigenvalue weighted by molar-refractivity contribution is -0.142. The van der Waals surface area contributed by atoms with Crippen LogP contribution in [0.5, 0.6) is 0 Å². The number of amides is 2. The van der Waals surface area contributed by atoms with Crippen molar-refractivity contribution in [2.45, 2.75) is 65.1 Å². The zero-order chi connectivity index (χ0) is 24.0. The van der Waals surface area contributed by atoms with Gasteiger partial charge in [-0.2, -0.15) is 0 Å². The fourth-order valence-electron chi connectivity index (χ4n) is 4.79. The van der Waals surface area contributed by atoms with Gasteiger partial charge in [0.2, 0.25) is 5.91 Å². The highest BCUT2D eigenvalue weighted by molar-refractivity contribution is 5.85. The summed E-state index contributed by atoms with van der Waals surface area (Å²) in [4.78, 5) is 35.0. The Morgan fingerprint density at radius 1 is 0.970 bits per heavy atom. The van der Waals surface area contributed by atoms with Gasteiger partial charge in [-0.05, 0) is 65.3 Å². The van der Waals surface area contributed by atoms with Crippen LogP contribution >= 0.6 is 0 Å². The maximum Gasteiger partial charge on any atom is 0.410 e. The molecule has 2 aliphatic heterocycles. The molecule has 0 unspecified atom stereocenters. The third-order valence-electron chi connectivity index (χ3n) is 7.29. The molecule has 0 spiro atoms. The molecule has 182 valence electrons. The molecule has 0 N–H and O–H groups in total. The highest BCUT2D eigenvalue weighted by atomic mass is 16.6. The van der Waals surface area contributed by atoms with Crippen LogP contribution in [0, 0.1) is 5.41 Å². The Morgan fingerprint density at radius 3 is 2.12 bits per heavy atom. The molecule has 0 bridgehead atoms. The van der Waals surface area contributed by atoms with Crippen LogP contribution in [0.15, 0.2) is 24.3 Å². The molecule has 3 aliphatic rings. The van der Waals surface area contributed by atoms with E-state index in [1.807, 2.05) is 37.5 Å². The maximum absolute atomic E-state index is 13.2. The summed E-state index contributed by atoms with van der Waals surface area (Å²) in [5.74, 6) is 0.220. The van der Waals surface area contributed by atoms with Gasteiger partial charge in [0.05, 0.1) is 6.04 Å². The van der Waals surface area contributed by atoms with E-state index in [0.717, 1.165) is 44.6 Å². The standard InChI is InChI=1S/C26H40N4O3/c1-19-17-30(24(32)33-25(2,3)4)22(18-29(19)23(31)26(5)11-12-26)20-7-9-21(10-8-20)28-15-13-27(6)14-16-28/h7-10,19,22H,11-18H2,1-6H3/t19-,22+/m1/s1. The van der Waals surface area contributed by atoms with Gasteiger partial charge in [0.15, 0.2) is 0 Å². The van der Waals surface area contributed by atoms with Crippen molar-refractivity contribution in [3.05, 3.63) is 29.8 Å². The van der Waals surface area contributed by atoms with Gasteiger partial charge in [-0.25, -0.2) is 4.79 Å². The number of carbonyl (C=O) groups is 2. The monoisotopic (exact) mass is 456 g/mol. The molecule has 0 aromatic heterocycles. The van der Waals surface area contributed by atoms with Crippen molar-refractivity contribution in [2.24, 2.45) is 5.41 Å². The summed E-state index contributed by atoms with van der Waals surface area (Å²) in [5.41, 5.74) is 1.46. The summed E-state index contributed by atoms with van der Waals surface area (Å²) in [6.07, 6.45) is 1.59. The molecule has 1 aromatic rings. The molecule has 3 fully saturated rings. The quantitative estimate of drug-likeness (QED) is 0.693. The van der Waals surface area contributed by atoms with Crippen LogP contribution in [0.2, 0.25) is 0 Å². The average molecular weight is 457 g/mol. The molecule has 2 amide bonds. The molecular weight excluding hydrogens is 416 g/mol. The molecule has 7 nitrogen and oxygen atoms in total. The summed E-state index contributed by atoms with van der Waals surface area (Å²) in [7, 11) is 2.16. The molecular formula is C26H40N4O3. The number of carbonyl (C=O) groups excluding carboxylic acids is 2. The van der Waals surface area contributed by atoms with Gasteiger partial charge in [0.25, 0.3) is 0 Å². The second-order valence-electron chi connectivity index (χ2n) is 11.4. The van der Waals surface area contributed by atoms with E-state index in [0.29, 0.717) is 13.1 Å². The molecule has 33 heavy (non-hydrogen) atoms. The van der Waals surface area contributed by atoms with Crippen LogP contribution in [0.1, 0.15) is 59.1 Å². The number of likely N-dealkylation sites (N-methyl/N-ethyl adjacent to an activating group) is 1. The Morgan fingerprint density at radius 2 is 1.58 bits per heavy atom. The topological polar surface area (TPSA) is 56.3 Å². The van der Waals surface area contributed by atoms with Crippen molar-refractivity contribution in [1.29, 1.82) is 0 Å². The molecule has 1 aromatic carbocycles. The lowest BCUT2D eigenvalue weighted by Crippen LogP contribution is -2.58. The average Bonchev–Trinajstić information content (AvgIpc) is 3.51.